The topological polar surface area (TPSA) is 66.9 Å². The molecule has 1 aromatic heterocycles. The van der Waals surface area contributed by atoms with Gasteiger partial charge in [0.2, 0.25) is 0 Å². The summed E-state index contributed by atoms with van der Waals surface area (Å²) in [5.74, 6) is -4.98. The molecule has 1 amide bonds. The van der Waals surface area contributed by atoms with Gasteiger partial charge in [0, 0.05) is 10.7 Å². The van der Waals surface area contributed by atoms with Crippen LogP contribution in [0.4, 0.5) is 30.4 Å². The molecule has 2 aromatic carbocycles. The predicted molar refractivity (Wildman–Crippen MR) is 95.8 cm³/mol. The molecule has 0 spiro atoms. The maximum absolute atomic E-state index is 13.6. The second kappa shape index (κ2) is 7.63. The highest BCUT2D eigenvalue weighted by atomic mass is 35.5. The van der Waals surface area contributed by atoms with Crippen molar-refractivity contribution in [3.05, 3.63) is 76.5 Å². The number of nitrogens with one attached hydrogen (secondary N) is 2. The van der Waals surface area contributed by atoms with Crippen LogP contribution in [-0.4, -0.2) is 15.9 Å². The zero-order valence-electron chi connectivity index (χ0n) is 13.9. The van der Waals surface area contributed by atoms with Gasteiger partial charge in [0.1, 0.15) is 11.5 Å². The van der Waals surface area contributed by atoms with Gasteiger partial charge in [-0.3, -0.25) is 4.79 Å². The van der Waals surface area contributed by atoms with E-state index in [-0.39, 0.29) is 5.69 Å². The molecule has 3 aromatic rings. The number of amides is 1. The van der Waals surface area contributed by atoms with E-state index in [4.69, 9.17) is 11.6 Å². The van der Waals surface area contributed by atoms with Gasteiger partial charge in [-0.25, -0.2) is 23.1 Å². The number of aryl methyl sites for hydroxylation is 1. The number of nitrogens with zero attached hydrogens (tertiary/aromatic N) is 2. The summed E-state index contributed by atoms with van der Waals surface area (Å²) in [5.41, 5.74) is 1.01. The van der Waals surface area contributed by atoms with E-state index in [1.165, 1.54) is 6.20 Å². The molecular formula is C18H12ClF3N4O. The first-order valence-corrected chi connectivity index (χ1v) is 8.03. The molecule has 0 atom stereocenters. The van der Waals surface area contributed by atoms with Crippen LogP contribution in [0.25, 0.3) is 0 Å². The zero-order chi connectivity index (χ0) is 19.6. The quantitative estimate of drug-likeness (QED) is 0.623. The molecule has 0 saturated carbocycles. The first-order chi connectivity index (χ1) is 12.8. The molecule has 3 rings (SSSR count). The summed E-state index contributed by atoms with van der Waals surface area (Å²) in [6.07, 6.45) is 2.46. The summed E-state index contributed by atoms with van der Waals surface area (Å²) in [5, 5.41) is 5.67. The molecule has 0 aliphatic heterocycles. The smallest absolute Gasteiger partial charge is 0.275 e. The highest BCUT2D eigenvalue weighted by Gasteiger charge is 2.17. The molecule has 0 saturated heterocycles. The molecule has 0 radical (unpaired) electrons. The summed E-state index contributed by atoms with van der Waals surface area (Å²) in [4.78, 5) is 20.1. The van der Waals surface area contributed by atoms with Crippen molar-refractivity contribution >= 4 is 34.7 Å². The Morgan fingerprint density at radius 2 is 1.78 bits per heavy atom. The lowest BCUT2D eigenvalue weighted by Gasteiger charge is -2.10. The van der Waals surface area contributed by atoms with Crippen molar-refractivity contribution in [2.45, 2.75) is 6.92 Å². The normalized spacial score (nSPS) is 10.6. The minimum absolute atomic E-state index is 0.132. The van der Waals surface area contributed by atoms with E-state index >= 15 is 0 Å². The summed E-state index contributed by atoms with van der Waals surface area (Å²) < 4.78 is 39.8. The van der Waals surface area contributed by atoms with E-state index in [2.05, 4.69) is 20.6 Å². The first kappa shape index (κ1) is 18.7. The zero-order valence-corrected chi connectivity index (χ0v) is 14.6. The number of rotatable bonds is 4. The van der Waals surface area contributed by atoms with Gasteiger partial charge >= 0.3 is 0 Å². The largest absolute Gasteiger partial charge is 0.339 e. The molecule has 1 heterocycles. The van der Waals surface area contributed by atoms with E-state index in [0.29, 0.717) is 16.9 Å². The van der Waals surface area contributed by atoms with Crippen molar-refractivity contribution in [2.24, 2.45) is 0 Å². The van der Waals surface area contributed by atoms with Crippen LogP contribution >= 0.6 is 11.6 Å². The third kappa shape index (κ3) is 4.17. The highest BCUT2D eigenvalue weighted by molar-refractivity contribution is 6.30. The fourth-order valence-electron chi connectivity index (χ4n) is 2.19. The average Bonchev–Trinajstić information content (AvgIpc) is 2.65. The Labute approximate surface area is 157 Å². The van der Waals surface area contributed by atoms with E-state index in [1.807, 2.05) is 13.0 Å². The second-order valence-electron chi connectivity index (χ2n) is 5.55. The third-order valence-electron chi connectivity index (χ3n) is 3.63. The molecule has 27 heavy (non-hydrogen) atoms. The average molecular weight is 393 g/mol. The van der Waals surface area contributed by atoms with Gasteiger partial charge < -0.3 is 10.6 Å². The van der Waals surface area contributed by atoms with Crippen molar-refractivity contribution < 1.29 is 18.0 Å². The molecule has 138 valence electrons. The van der Waals surface area contributed by atoms with E-state index < -0.39 is 29.0 Å². The Kier molecular flexibility index (Phi) is 5.27. The van der Waals surface area contributed by atoms with Gasteiger partial charge in [-0.2, -0.15) is 0 Å². The standard InChI is InChI=1S/C18H12ClF3N4O/c1-9-2-3-10(19)6-13(9)25-15-8-23-14(7-24-15)18(27)26-12-5-4-11(20)16(21)17(12)22/h2-8H,1H3,(H,24,25)(H,26,27). The Hall–Kier alpha value is -3.13. The van der Waals surface area contributed by atoms with Crippen LogP contribution in [-0.2, 0) is 0 Å². The van der Waals surface area contributed by atoms with Gasteiger partial charge in [0.25, 0.3) is 5.91 Å². The number of carbonyl (C=O) groups is 1. The van der Waals surface area contributed by atoms with Crippen LogP contribution in [0, 0.1) is 24.4 Å². The van der Waals surface area contributed by atoms with Gasteiger partial charge in [0.05, 0.1) is 18.1 Å². The third-order valence-corrected chi connectivity index (χ3v) is 3.87. The summed E-state index contributed by atoms with van der Waals surface area (Å²) >= 11 is 5.95. The number of carbonyl (C=O) groups excluding carboxylic acids is 1. The van der Waals surface area contributed by atoms with Crippen LogP contribution < -0.4 is 10.6 Å². The van der Waals surface area contributed by atoms with Gasteiger partial charge in [-0.05, 0) is 36.8 Å². The SMILES string of the molecule is Cc1ccc(Cl)cc1Nc1cnc(C(=O)Nc2ccc(F)c(F)c2F)cn1. The van der Waals surface area contributed by atoms with E-state index in [1.54, 1.807) is 12.1 Å². The number of hydrogen-bond acceptors (Lipinski definition) is 4. The number of benzene rings is 2. The summed E-state index contributed by atoms with van der Waals surface area (Å²) in [6.45, 7) is 1.88. The van der Waals surface area contributed by atoms with Crippen LogP contribution in [0.2, 0.25) is 5.02 Å². The Morgan fingerprint density at radius 3 is 2.48 bits per heavy atom. The first-order valence-electron chi connectivity index (χ1n) is 7.65. The van der Waals surface area contributed by atoms with Crippen molar-refractivity contribution in [1.82, 2.24) is 9.97 Å². The van der Waals surface area contributed by atoms with Crippen molar-refractivity contribution in [3.8, 4) is 0 Å². The molecule has 0 aliphatic rings. The van der Waals surface area contributed by atoms with Crippen molar-refractivity contribution in [1.29, 1.82) is 0 Å². The molecular weight excluding hydrogens is 381 g/mol. The minimum atomic E-state index is -1.67. The van der Waals surface area contributed by atoms with Gasteiger partial charge in [0.15, 0.2) is 17.5 Å². The lowest BCUT2D eigenvalue weighted by atomic mass is 10.2. The number of anilines is 3. The van der Waals surface area contributed by atoms with Crippen molar-refractivity contribution in [2.75, 3.05) is 10.6 Å². The maximum Gasteiger partial charge on any atom is 0.275 e. The summed E-state index contributed by atoms with van der Waals surface area (Å²) in [7, 11) is 0. The number of halogens is 4. The van der Waals surface area contributed by atoms with Crippen LogP contribution in [0.15, 0.2) is 42.7 Å². The van der Waals surface area contributed by atoms with Crippen LogP contribution in [0.3, 0.4) is 0 Å². The minimum Gasteiger partial charge on any atom is -0.339 e. The fourth-order valence-corrected chi connectivity index (χ4v) is 2.36. The second-order valence-corrected chi connectivity index (χ2v) is 5.98. The van der Waals surface area contributed by atoms with E-state index in [9.17, 15) is 18.0 Å². The molecule has 0 fully saturated rings. The number of hydrogen-bond donors (Lipinski definition) is 2. The predicted octanol–water partition coefficient (Wildman–Crippen LogP) is 4.85. The Bertz CT molecular complexity index is 1010. The summed E-state index contributed by atoms with van der Waals surface area (Å²) in [6, 6.07) is 6.91. The lowest BCUT2D eigenvalue weighted by molar-refractivity contribution is 0.102. The monoisotopic (exact) mass is 392 g/mol. The Morgan fingerprint density at radius 1 is 1.00 bits per heavy atom. The molecule has 2 N–H and O–H groups in total. The van der Waals surface area contributed by atoms with Gasteiger partial charge in [-0.15, -0.1) is 0 Å². The van der Waals surface area contributed by atoms with Crippen LogP contribution in [0.1, 0.15) is 16.1 Å². The number of aromatic nitrogens is 2. The van der Waals surface area contributed by atoms with E-state index in [0.717, 1.165) is 23.5 Å². The molecule has 0 unspecified atom stereocenters. The molecule has 0 bridgehead atoms. The lowest BCUT2D eigenvalue weighted by Crippen LogP contribution is -2.16. The van der Waals surface area contributed by atoms with Gasteiger partial charge in [-0.1, -0.05) is 17.7 Å². The Balaban J connectivity index is 1.74. The van der Waals surface area contributed by atoms with Crippen molar-refractivity contribution in [3.63, 3.8) is 0 Å². The van der Waals surface area contributed by atoms with Crippen LogP contribution in [0.5, 0.6) is 0 Å². The molecule has 5 nitrogen and oxygen atoms in total. The fraction of sp³-hybridized carbons (Fsp3) is 0.0556. The highest BCUT2D eigenvalue weighted by Crippen LogP contribution is 2.23. The maximum atomic E-state index is 13.6. The molecule has 0 aliphatic carbocycles. The molecule has 9 heteroatoms.